The van der Waals surface area contributed by atoms with Crippen LogP contribution < -0.4 is 10.9 Å². The number of aromatic carboxylic acids is 1. The van der Waals surface area contributed by atoms with Gasteiger partial charge >= 0.3 is 16.2 Å². The van der Waals surface area contributed by atoms with Crippen molar-refractivity contribution >= 4 is 22.1 Å². The second-order valence-electron chi connectivity index (χ2n) is 5.15. The number of aromatic nitrogens is 1. The fourth-order valence-electron chi connectivity index (χ4n) is 2.77. The van der Waals surface area contributed by atoms with Gasteiger partial charge in [-0.2, -0.15) is 8.42 Å². The second kappa shape index (κ2) is 6.07. The van der Waals surface area contributed by atoms with E-state index in [9.17, 15) is 23.1 Å². The van der Waals surface area contributed by atoms with E-state index in [-0.39, 0.29) is 24.1 Å². The van der Waals surface area contributed by atoms with Gasteiger partial charge in [0.25, 0.3) is 0 Å². The molecule has 1 aliphatic rings. The Morgan fingerprint density at radius 2 is 2.09 bits per heavy atom. The summed E-state index contributed by atoms with van der Waals surface area (Å²) in [7, 11) is -4.20. The van der Waals surface area contributed by atoms with Crippen LogP contribution in [0.5, 0.6) is 0 Å². The summed E-state index contributed by atoms with van der Waals surface area (Å²) < 4.78 is 23.5. The van der Waals surface area contributed by atoms with Crippen LogP contribution in [0.2, 0.25) is 0 Å². The number of carbonyl (C=O) groups excluding carboxylic acids is 1. The lowest BCUT2D eigenvalue weighted by molar-refractivity contribution is -0.130. The SMILES string of the molecule is NCC(=O)N1CCCC(c2ccn(S(N)(=O)=O)c2C(=O)O)C1. The van der Waals surface area contributed by atoms with Gasteiger partial charge in [-0.25, -0.2) is 13.9 Å². The first-order chi connectivity index (χ1) is 10.3. The maximum absolute atomic E-state index is 11.7. The van der Waals surface area contributed by atoms with Crippen LogP contribution in [0.1, 0.15) is 34.8 Å². The van der Waals surface area contributed by atoms with Crippen LogP contribution in [0.15, 0.2) is 12.3 Å². The molecule has 2 heterocycles. The molecular formula is C12H18N4O5S. The molecule has 0 saturated carbocycles. The first-order valence-electron chi connectivity index (χ1n) is 6.71. The van der Waals surface area contributed by atoms with Crippen molar-refractivity contribution in [3.05, 3.63) is 23.5 Å². The Morgan fingerprint density at radius 1 is 1.41 bits per heavy atom. The minimum Gasteiger partial charge on any atom is -0.477 e. The normalized spacial score (nSPS) is 19.2. The van der Waals surface area contributed by atoms with Gasteiger partial charge in [0.15, 0.2) is 0 Å². The molecule has 9 nitrogen and oxygen atoms in total. The number of carbonyl (C=O) groups is 2. The average molecular weight is 330 g/mol. The molecule has 1 fully saturated rings. The van der Waals surface area contributed by atoms with Crippen molar-refractivity contribution < 1.29 is 23.1 Å². The molecule has 122 valence electrons. The van der Waals surface area contributed by atoms with Crippen LogP contribution in [0, 0.1) is 0 Å². The fraction of sp³-hybridized carbons (Fsp3) is 0.500. The van der Waals surface area contributed by atoms with Gasteiger partial charge in [-0.1, -0.05) is 0 Å². The lowest BCUT2D eigenvalue weighted by Gasteiger charge is -2.32. The third kappa shape index (κ3) is 3.13. The summed E-state index contributed by atoms with van der Waals surface area (Å²) in [5.41, 5.74) is 5.32. The molecule has 1 aromatic rings. The highest BCUT2D eigenvalue weighted by Gasteiger charge is 2.30. The monoisotopic (exact) mass is 330 g/mol. The molecule has 0 aliphatic carbocycles. The standard InChI is InChI=1S/C12H18N4O5S/c13-6-10(17)15-4-1-2-8(7-15)9-3-5-16(22(14,20)21)11(9)12(18)19/h3,5,8H,1-2,4,6-7,13H2,(H,18,19)(H2,14,20,21). The molecule has 1 amide bonds. The van der Waals surface area contributed by atoms with Crippen LogP contribution in [0.25, 0.3) is 0 Å². The summed E-state index contributed by atoms with van der Waals surface area (Å²) in [6.07, 6.45) is 2.47. The molecule has 0 bridgehead atoms. The number of nitrogens with zero attached hydrogens (tertiary/aromatic N) is 2. The van der Waals surface area contributed by atoms with E-state index in [1.54, 1.807) is 4.90 Å². The van der Waals surface area contributed by atoms with E-state index in [0.29, 0.717) is 35.5 Å². The van der Waals surface area contributed by atoms with Gasteiger partial charge < -0.3 is 15.7 Å². The predicted molar refractivity (Wildman–Crippen MR) is 77.5 cm³/mol. The van der Waals surface area contributed by atoms with Crippen LogP contribution in [0.3, 0.4) is 0 Å². The van der Waals surface area contributed by atoms with Crippen LogP contribution in [-0.4, -0.2) is 53.9 Å². The van der Waals surface area contributed by atoms with Crippen LogP contribution >= 0.6 is 0 Å². The first-order valence-corrected chi connectivity index (χ1v) is 8.21. The fourth-order valence-corrected chi connectivity index (χ4v) is 3.44. The van der Waals surface area contributed by atoms with Crippen molar-refractivity contribution in [2.75, 3.05) is 19.6 Å². The number of rotatable bonds is 4. The molecule has 1 aromatic heterocycles. The largest absolute Gasteiger partial charge is 0.477 e. The number of carboxylic acids is 1. The quantitative estimate of drug-likeness (QED) is 0.638. The van der Waals surface area contributed by atoms with Crippen molar-refractivity contribution in [1.82, 2.24) is 8.87 Å². The predicted octanol–water partition coefficient (Wildman–Crippen LogP) is -1.10. The van der Waals surface area contributed by atoms with E-state index >= 15 is 0 Å². The van der Waals surface area contributed by atoms with Crippen molar-refractivity contribution in [2.45, 2.75) is 18.8 Å². The van der Waals surface area contributed by atoms with Gasteiger partial charge in [0.1, 0.15) is 5.69 Å². The van der Waals surface area contributed by atoms with Gasteiger partial charge in [-0.3, -0.25) is 4.79 Å². The van der Waals surface area contributed by atoms with Crippen molar-refractivity contribution in [3.63, 3.8) is 0 Å². The molecular weight excluding hydrogens is 312 g/mol. The zero-order valence-corrected chi connectivity index (χ0v) is 12.6. The Hall–Kier alpha value is -1.91. The third-order valence-corrected chi connectivity index (χ3v) is 4.60. The summed E-state index contributed by atoms with van der Waals surface area (Å²) in [4.78, 5) is 24.7. The Labute approximate surface area is 127 Å². The molecule has 1 atom stereocenters. The summed E-state index contributed by atoms with van der Waals surface area (Å²) in [6, 6.07) is 1.43. The highest BCUT2D eigenvalue weighted by Crippen LogP contribution is 2.30. The molecule has 1 saturated heterocycles. The number of likely N-dealkylation sites (tertiary alicyclic amines) is 1. The van der Waals surface area contributed by atoms with Gasteiger partial charge in [0.05, 0.1) is 6.54 Å². The molecule has 1 aliphatic heterocycles. The number of piperidine rings is 1. The Morgan fingerprint density at radius 3 is 2.64 bits per heavy atom. The molecule has 10 heteroatoms. The topological polar surface area (TPSA) is 149 Å². The van der Waals surface area contributed by atoms with Gasteiger partial charge in [0.2, 0.25) is 5.91 Å². The average Bonchev–Trinajstić information content (AvgIpc) is 2.91. The second-order valence-corrected chi connectivity index (χ2v) is 6.57. The Bertz CT molecular complexity index is 696. The lowest BCUT2D eigenvalue weighted by atomic mass is 9.90. The zero-order chi connectivity index (χ0) is 16.5. The maximum Gasteiger partial charge on any atom is 0.353 e. The number of amides is 1. The highest BCUT2D eigenvalue weighted by molar-refractivity contribution is 7.87. The summed E-state index contributed by atoms with van der Waals surface area (Å²) in [6.45, 7) is 0.756. The van der Waals surface area contributed by atoms with Gasteiger partial charge in [-0.15, -0.1) is 0 Å². The van der Waals surface area contributed by atoms with Gasteiger partial charge in [0, 0.05) is 25.2 Å². The minimum atomic E-state index is -4.20. The zero-order valence-electron chi connectivity index (χ0n) is 11.8. The van der Waals surface area contributed by atoms with Crippen molar-refractivity contribution in [3.8, 4) is 0 Å². The molecule has 0 aromatic carbocycles. The molecule has 5 N–H and O–H groups in total. The van der Waals surface area contributed by atoms with Crippen LogP contribution in [-0.2, 0) is 15.0 Å². The summed E-state index contributed by atoms with van der Waals surface area (Å²) in [5, 5.41) is 14.3. The Balaban J connectivity index is 2.38. The molecule has 22 heavy (non-hydrogen) atoms. The molecule has 0 spiro atoms. The van der Waals surface area contributed by atoms with Crippen LogP contribution in [0.4, 0.5) is 0 Å². The van der Waals surface area contributed by atoms with E-state index in [2.05, 4.69) is 0 Å². The maximum atomic E-state index is 11.7. The molecule has 0 radical (unpaired) electrons. The number of hydrogen-bond donors (Lipinski definition) is 3. The summed E-state index contributed by atoms with van der Waals surface area (Å²) in [5.74, 6) is -1.86. The van der Waals surface area contributed by atoms with Crippen molar-refractivity contribution in [2.24, 2.45) is 10.9 Å². The minimum absolute atomic E-state index is 0.114. The van der Waals surface area contributed by atoms with E-state index in [0.717, 1.165) is 6.20 Å². The number of carboxylic acid groups (broad SMARTS) is 1. The Kier molecular flexibility index (Phi) is 4.54. The molecule has 2 rings (SSSR count). The number of hydrogen-bond acceptors (Lipinski definition) is 5. The molecule has 1 unspecified atom stereocenters. The highest BCUT2D eigenvalue weighted by atomic mass is 32.2. The van der Waals surface area contributed by atoms with E-state index in [1.165, 1.54) is 6.07 Å². The first kappa shape index (κ1) is 16.5. The number of nitrogens with two attached hydrogens (primary N) is 2. The third-order valence-electron chi connectivity index (χ3n) is 3.75. The summed E-state index contributed by atoms with van der Waals surface area (Å²) >= 11 is 0. The van der Waals surface area contributed by atoms with Crippen molar-refractivity contribution in [1.29, 1.82) is 0 Å². The lowest BCUT2D eigenvalue weighted by Crippen LogP contribution is -2.42. The smallest absolute Gasteiger partial charge is 0.353 e. The van der Waals surface area contributed by atoms with E-state index in [4.69, 9.17) is 10.9 Å². The van der Waals surface area contributed by atoms with E-state index in [1.807, 2.05) is 0 Å². The van der Waals surface area contributed by atoms with Gasteiger partial charge in [-0.05, 0) is 24.5 Å². The van der Waals surface area contributed by atoms with E-state index < -0.39 is 16.2 Å².